The summed E-state index contributed by atoms with van der Waals surface area (Å²) < 4.78 is 16.5. The summed E-state index contributed by atoms with van der Waals surface area (Å²) in [6, 6.07) is 89.7. The van der Waals surface area contributed by atoms with Crippen molar-refractivity contribution >= 4 is 82.7 Å². The zero-order valence-electron chi connectivity index (χ0n) is 48.3. The number of hydrogen-bond acceptors (Lipinski definition) is 3. The van der Waals surface area contributed by atoms with Gasteiger partial charge in [-0.25, -0.2) is 0 Å². The molecule has 4 heteroatoms. The fourth-order valence-electron chi connectivity index (χ4n) is 16.0. The van der Waals surface area contributed by atoms with Gasteiger partial charge in [0.25, 0.3) is 0 Å². The van der Waals surface area contributed by atoms with Crippen LogP contribution in [0.5, 0.6) is 0 Å². The summed E-state index contributed by atoms with van der Waals surface area (Å²) in [7, 11) is 0. The number of hydrogen-bond donors (Lipinski definition) is 0. The van der Waals surface area contributed by atoms with Crippen LogP contribution in [0, 0.1) is 0 Å². The molecule has 404 valence electrons. The fraction of sp³-hybridized carbons (Fsp3) is 0.111. The fourth-order valence-corrected chi connectivity index (χ4v) is 16.0. The Balaban J connectivity index is 0.867. The van der Waals surface area contributed by atoms with Crippen LogP contribution in [0.2, 0.25) is 0 Å². The van der Waals surface area contributed by atoms with E-state index in [2.05, 4.69) is 294 Å². The van der Waals surface area contributed by atoms with E-state index >= 15 is 0 Å². The summed E-state index contributed by atoms with van der Waals surface area (Å²) in [5, 5.41) is 7.12. The van der Waals surface area contributed by atoms with Crippen LogP contribution in [0.4, 0.5) is 17.1 Å². The molecular formula is C81H58N2O2. The zero-order chi connectivity index (χ0) is 56.8. The van der Waals surface area contributed by atoms with E-state index in [1.165, 1.54) is 105 Å². The number of benzene rings is 12. The van der Waals surface area contributed by atoms with Gasteiger partial charge in [0.05, 0.1) is 11.0 Å². The summed E-state index contributed by atoms with van der Waals surface area (Å²) in [4.78, 5) is 2.53. The number of anilines is 3. The number of para-hydroxylation sites is 4. The molecule has 0 spiro atoms. The van der Waals surface area contributed by atoms with Crippen molar-refractivity contribution in [2.45, 2.75) is 57.8 Å². The predicted molar refractivity (Wildman–Crippen MR) is 354 cm³/mol. The maximum absolute atomic E-state index is 7.08. The van der Waals surface area contributed by atoms with E-state index in [-0.39, 0.29) is 16.2 Å². The van der Waals surface area contributed by atoms with Gasteiger partial charge in [-0.15, -0.1) is 0 Å². The van der Waals surface area contributed by atoms with Gasteiger partial charge in [0.15, 0.2) is 0 Å². The lowest BCUT2D eigenvalue weighted by atomic mass is 9.72. The minimum absolute atomic E-state index is 0.263. The van der Waals surface area contributed by atoms with Gasteiger partial charge in [0.1, 0.15) is 22.3 Å². The van der Waals surface area contributed by atoms with Gasteiger partial charge in [-0.1, -0.05) is 211 Å². The van der Waals surface area contributed by atoms with Gasteiger partial charge < -0.3 is 18.3 Å². The van der Waals surface area contributed by atoms with Crippen LogP contribution in [0.1, 0.15) is 74.9 Å². The van der Waals surface area contributed by atoms with E-state index in [4.69, 9.17) is 8.83 Å². The van der Waals surface area contributed by atoms with E-state index in [9.17, 15) is 0 Å². The minimum atomic E-state index is -0.383. The first kappa shape index (κ1) is 48.4. The highest BCUT2D eigenvalue weighted by Gasteiger charge is 2.49. The summed E-state index contributed by atoms with van der Waals surface area (Å²) in [5.74, 6) is 0. The van der Waals surface area contributed by atoms with Gasteiger partial charge in [-0.05, 0) is 151 Å². The van der Waals surface area contributed by atoms with Crippen molar-refractivity contribution in [1.29, 1.82) is 0 Å². The molecule has 3 aliphatic rings. The monoisotopic (exact) mass is 1090 g/mol. The zero-order valence-corrected chi connectivity index (χ0v) is 48.3. The molecule has 3 heterocycles. The Morgan fingerprint density at radius 1 is 0.318 bits per heavy atom. The van der Waals surface area contributed by atoms with Crippen LogP contribution in [-0.4, -0.2) is 4.57 Å². The molecule has 0 amide bonds. The van der Waals surface area contributed by atoms with Gasteiger partial charge in [-0.3, -0.25) is 0 Å². The topological polar surface area (TPSA) is 34.5 Å². The maximum Gasteiger partial charge on any atom is 0.144 e. The SMILES string of the molecule is CC1(C)c2cc(N(c3ccc4c(c3)C(C)(C)c3c5c(c6oc7ccccc7c6c3-4)-c3ccccc3C5(C)C)c3ccc4c5ccccc5n(-c5ccccc5)c4c3)ccc2-c2c1cc(-c1ccc(-c3ccccc3)cc1)c1oc3ccccc3c21. The summed E-state index contributed by atoms with van der Waals surface area (Å²) in [6.45, 7) is 14.6. The Labute approximate surface area is 493 Å². The lowest BCUT2D eigenvalue weighted by Gasteiger charge is -2.32. The van der Waals surface area contributed by atoms with Crippen molar-refractivity contribution in [2.75, 3.05) is 4.90 Å². The molecule has 0 unspecified atom stereocenters. The van der Waals surface area contributed by atoms with Gasteiger partial charge in [0, 0.05) is 82.4 Å². The molecule has 0 N–H and O–H groups in total. The standard InChI is InChI=1S/C81H58N2O2/c1-79(2)63-43-51(38-41-57(63)70-65(79)46-61(77-72(70)59-27-15-19-31-68(59)84-77)49-35-33-48(34-36-49)47-21-9-7-10-22-47)82(53-37-40-55-54-25-14-18-30-66(54)83(67(55)45-53)50-23-11-8-12-24-50)52-39-42-58-64(44-52)81(5,6)75-71(58)73-60-28-16-20-32-69(60)85-78(73)74-56-26-13-17-29-62(56)80(3,4)76(74)75/h7-46H,1-6H3. The largest absolute Gasteiger partial charge is 0.455 e. The number of aromatic nitrogens is 1. The Kier molecular flexibility index (Phi) is 9.67. The molecule has 0 bridgehead atoms. The number of fused-ring (bicyclic) bond motifs is 22. The minimum Gasteiger partial charge on any atom is -0.455 e. The van der Waals surface area contributed by atoms with E-state index in [1.54, 1.807) is 0 Å². The van der Waals surface area contributed by atoms with Crippen LogP contribution in [-0.2, 0) is 16.2 Å². The van der Waals surface area contributed by atoms with Gasteiger partial charge in [0.2, 0.25) is 0 Å². The molecule has 15 aromatic rings. The number of nitrogens with zero attached hydrogens (tertiary/aromatic N) is 2. The molecule has 3 aliphatic carbocycles. The van der Waals surface area contributed by atoms with Crippen molar-refractivity contribution in [1.82, 2.24) is 4.57 Å². The molecule has 3 aromatic heterocycles. The highest BCUT2D eigenvalue weighted by molar-refractivity contribution is 6.22. The average Bonchev–Trinajstić information content (AvgIpc) is 1.58. The van der Waals surface area contributed by atoms with Crippen molar-refractivity contribution < 1.29 is 8.83 Å². The molecule has 0 atom stereocenters. The molecule has 85 heavy (non-hydrogen) atoms. The molecule has 0 aliphatic heterocycles. The van der Waals surface area contributed by atoms with Gasteiger partial charge >= 0.3 is 0 Å². The second-order valence-electron chi connectivity index (χ2n) is 25.5. The van der Waals surface area contributed by atoms with Crippen LogP contribution >= 0.6 is 0 Å². The van der Waals surface area contributed by atoms with E-state index in [0.29, 0.717) is 0 Å². The second-order valence-corrected chi connectivity index (χ2v) is 25.5. The third-order valence-corrected chi connectivity index (χ3v) is 19.9. The smallest absolute Gasteiger partial charge is 0.144 e. The lowest BCUT2D eigenvalue weighted by Crippen LogP contribution is -2.24. The van der Waals surface area contributed by atoms with Crippen LogP contribution in [0.15, 0.2) is 251 Å². The highest BCUT2D eigenvalue weighted by Crippen LogP contribution is 2.64. The van der Waals surface area contributed by atoms with E-state index in [1.807, 2.05) is 0 Å². The average molecular weight is 1090 g/mol. The normalized spacial score (nSPS) is 14.8. The van der Waals surface area contributed by atoms with Crippen molar-refractivity contribution in [3.05, 3.63) is 276 Å². The first-order valence-electron chi connectivity index (χ1n) is 29.9. The maximum atomic E-state index is 7.08. The molecular weight excluding hydrogens is 1030 g/mol. The molecule has 0 fully saturated rings. The number of furan rings is 2. The highest BCUT2D eigenvalue weighted by atomic mass is 16.3. The second kappa shape index (κ2) is 17.0. The summed E-state index contributed by atoms with van der Waals surface area (Å²) >= 11 is 0. The Morgan fingerprint density at radius 2 is 0.812 bits per heavy atom. The first-order chi connectivity index (χ1) is 41.4. The van der Waals surface area contributed by atoms with Crippen molar-refractivity contribution in [2.24, 2.45) is 0 Å². The van der Waals surface area contributed by atoms with Crippen LogP contribution in [0.25, 0.3) is 127 Å². The third kappa shape index (κ3) is 6.46. The van der Waals surface area contributed by atoms with Gasteiger partial charge in [-0.2, -0.15) is 0 Å². The van der Waals surface area contributed by atoms with Crippen LogP contribution in [0.3, 0.4) is 0 Å². The Bertz CT molecular complexity index is 5380. The predicted octanol–water partition coefficient (Wildman–Crippen LogP) is 22.3. The van der Waals surface area contributed by atoms with Crippen molar-refractivity contribution in [3.8, 4) is 61.3 Å². The molecule has 0 saturated carbocycles. The summed E-state index contributed by atoms with van der Waals surface area (Å²) in [6.07, 6.45) is 0. The van der Waals surface area contributed by atoms with E-state index in [0.717, 1.165) is 72.5 Å². The Hall–Kier alpha value is -10.2. The van der Waals surface area contributed by atoms with Crippen LogP contribution < -0.4 is 4.90 Å². The number of rotatable bonds is 6. The quantitative estimate of drug-likeness (QED) is 0.166. The lowest BCUT2D eigenvalue weighted by molar-refractivity contribution is 0.600. The molecule has 4 nitrogen and oxygen atoms in total. The van der Waals surface area contributed by atoms with E-state index < -0.39 is 0 Å². The molecule has 0 radical (unpaired) electrons. The molecule has 0 saturated heterocycles. The van der Waals surface area contributed by atoms with Crippen molar-refractivity contribution in [3.63, 3.8) is 0 Å². The Morgan fingerprint density at radius 3 is 1.53 bits per heavy atom. The first-order valence-corrected chi connectivity index (χ1v) is 29.9. The summed E-state index contributed by atoms with van der Waals surface area (Å²) in [5.41, 5.74) is 29.7. The third-order valence-electron chi connectivity index (χ3n) is 19.9. The molecule has 12 aromatic carbocycles. The molecule has 18 rings (SSSR count).